The molecule has 4 heteroatoms. The Labute approximate surface area is 154 Å². The van der Waals surface area contributed by atoms with Gasteiger partial charge in [0.1, 0.15) is 0 Å². The number of rotatable bonds is 6. The van der Waals surface area contributed by atoms with E-state index in [1.165, 1.54) is 0 Å². The van der Waals surface area contributed by atoms with E-state index in [1.807, 2.05) is 54.6 Å². The van der Waals surface area contributed by atoms with E-state index in [4.69, 9.17) is 9.47 Å². The second-order valence-electron chi connectivity index (χ2n) is 5.53. The molecule has 0 aliphatic carbocycles. The van der Waals surface area contributed by atoms with Gasteiger partial charge in [0.25, 0.3) is 0 Å². The number of ether oxygens (including phenoxy) is 2. The lowest BCUT2D eigenvalue weighted by Gasteiger charge is -2.15. The predicted octanol–water partition coefficient (Wildman–Crippen LogP) is 3.37. The van der Waals surface area contributed by atoms with Crippen molar-refractivity contribution < 1.29 is 19.1 Å². The monoisotopic (exact) mass is 350 g/mol. The van der Waals surface area contributed by atoms with Crippen LogP contribution in [0.2, 0.25) is 0 Å². The van der Waals surface area contributed by atoms with Gasteiger partial charge in [0, 0.05) is 11.1 Å². The molecule has 0 saturated carbocycles. The molecule has 0 spiro atoms. The van der Waals surface area contributed by atoms with E-state index in [1.54, 1.807) is 13.8 Å². The molecule has 0 radical (unpaired) electrons. The smallest absolute Gasteiger partial charge is 0.320 e. The third-order valence-corrected chi connectivity index (χ3v) is 3.70. The van der Waals surface area contributed by atoms with Crippen molar-refractivity contribution in [3.8, 4) is 11.8 Å². The van der Waals surface area contributed by atoms with E-state index in [0.717, 1.165) is 16.7 Å². The van der Waals surface area contributed by atoms with E-state index in [-0.39, 0.29) is 19.6 Å². The lowest BCUT2D eigenvalue weighted by Crippen LogP contribution is -2.30. The van der Waals surface area contributed by atoms with Crippen LogP contribution in [-0.2, 0) is 25.5 Å². The lowest BCUT2D eigenvalue weighted by molar-refractivity contribution is -0.161. The quantitative estimate of drug-likeness (QED) is 0.455. The van der Waals surface area contributed by atoms with E-state index in [0.29, 0.717) is 0 Å². The summed E-state index contributed by atoms with van der Waals surface area (Å²) in [5.74, 6) is 4.09. The minimum atomic E-state index is -0.991. The van der Waals surface area contributed by atoms with Crippen molar-refractivity contribution in [2.75, 3.05) is 13.2 Å². The van der Waals surface area contributed by atoms with Crippen LogP contribution in [0.1, 0.15) is 30.5 Å². The molecule has 0 saturated heterocycles. The van der Waals surface area contributed by atoms with Crippen molar-refractivity contribution in [2.24, 2.45) is 5.92 Å². The zero-order chi connectivity index (χ0) is 18.8. The van der Waals surface area contributed by atoms with E-state index in [9.17, 15) is 9.59 Å². The van der Waals surface area contributed by atoms with Crippen LogP contribution in [0.4, 0.5) is 0 Å². The molecule has 26 heavy (non-hydrogen) atoms. The number of esters is 2. The van der Waals surface area contributed by atoms with Gasteiger partial charge in [0.15, 0.2) is 5.92 Å². The summed E-state index contributed by atoms with van der Waals surface area (Å²) < 4.78 is 10.1. The molecule has 0 fully saturated rings. The van der Waals surface area contributed by atoms with E-state index < -0.39 is 17.9 Å². The van der Waals surface area contributed by atoms with Crippen LogP contribution < -0.4 is 0 Å². The Morgan fingerprint density at radius 2 is 1.42 bits per heavy atom. The summed E-state index contributed by atoms with van der Waals surface area (Å²) in [5, 5.41) is 0. The van der Waals surface area contributed by atoms with Crippen LogP contribution in [0.3, 0.4) is 0 Å². The summed E-state index contributed by atoms with van der Waals surface area (Å²) in [6.45, 7) is 3.84. The van der Waals surface area contributed by atoms with Crippen molar-refractivity contribution in [3.05, 3.63) is 71.3 Å². The molecule has 134 valence electrons. The first-order chi connectivity index (χ1) is 12.7. The van der Waals surface area contributed by atoms with E-state index in [2.05, 4.69) is 11.8 Å². The summed E-state index contributed by atoms with van der Waals surface area (Å²) in [7, 11) is 0. The first-order valence-corrected chi connectivity index (χ1v) is 8.64. The predicted molar refractivity (Wildman–Crippen MR) is 99.3 cm³/mol. The van der Waals surface area contributed by atoms with Crippen LogP contribution in [0.5, 0.6) is 0 Å². The second-order valence-corrected chi connectivity index (χ2v) is 5.53. The third kappa shape index (κ3) is 5.49. The minimum Gasteiger partial charge on any atom is -0.465 e. The zero-order valence-electron chi connectivity index (χ0n) is 15.0. The number of hydrogen-bond acceptors (Lipinski definition) is 4. The Kier molecular flexibility index (Phi) is 7.45. The number of hydrogen-bond donors (Lipinski definition) is 0. The molecule has 0 N–H and O–H groups in total. The van der Waals surface area contributed by atoms with Crippen LogP contribution in [-0.4, -0.2) is 25.2 Å². The molecule has 0 amide bonds. The summed E-state index contributed by atoms with van der Waals surface area (Å²) in [6, 6.07) is 17.1. The summed E-state index contributed by atoms with van der Waals surface area (Å²) in [5.41, 5.74) is 2.48. The SMILES string of the molecule is CCOC(=O)C(Cc1ccccc1C#Cc1ccccc1)C(=O)OCC. The van der Waals surface area contributed by atoms with Gasteiger partial charge in [0.05, 0.1) is 13.2 Å². The molecule has 0 aliphatic heterocycles. The number of carbonyl (C=O) groups excluding carboxylic acids is 2. The van der Waals surface area contributed by atoms with E-state index >= 15 is 0 Å². The number of carbonyl (C=O) groups is 2. The molecule has 0 unspecified atom stereocenters. The lowest BCUT2D eigenvalue weighted by atomic mass is 9.95. The topological polar surface area (TPSA) is 52.6 Å². The molecule has 4 nitrogen and oxygen atoms in total. The maximum absolute atomic E-state index is 12.2. The zero-order valence-corrected chi connectivity index (χ0v) is 15.0. The summed E-state index contributed by atoms with van der Waals surface area (Å²) in [6.07, 6.45) is 0.192. The van der Waals surface area contributed by atoms with Gasteiger partial charge in [-0.2, -0.15) is 0 Å². The molecule has 0 heterocycles. The average molecular weight is 350 g/mol. The second kappa shape index (κ2) is 10.0. The first kappa shape index (κ1) is 19.3. The molecule has 0 aromatic heterocycles. The largest absolute Gasteiger partial charge is 0.465 e. The Balaban J connectivity index is 2.28. The first-order valence-electron chi connectivity index (χ1n) is 8.64. The highest BCUT2D eigenvalue weighted by Crippen LogP contribution is 2.17. The molecule has 0 aliphatic rings. The normalized spacial score (nSPS) is 9.96. The summed E-state index contributed by atoms with van der Waals surface area (Å²) >= 11 is 0. The number of benzene rings is 2. The molecule has 2 rings (SSSR count). The molecular weight excluding hydrogens is 328 g/mol. The van der Waals surface area contributed by atoms with Gasteiger partial charge in [0.2, 0.25) is 0 Å². The van der Waals surface area contributed by atoms with Gasteiger partial charge in [-0.1, -0.05) is 48.2 Å². The van der Waals surface area contributed by atoms with Crippen LogP contribution in [0, 0.1) is 17.8 Å². The van der Waals surface area contributed by atoms with Gasteiger partial charge < -0.3 is 9.47 Å². The third-order valence-electron chi connectivity index (χ3n) is 3.70. The maximum Gasteiger partial charge on any atom is 0.320 e. The molecule has 0 atom stereocenters. The van der Waals surface area contributed by atoms with Crippen molar-refractivity contribution >= 4 is 11.9 Å². The molecule has 2 aromatic rings. The minimum absolute atomic E-state index is 0.192. The molecule has 0 bridgehead atoms. The molecular formula is C22H22O4. The van der Waals surface area contributed by atoms with Gasteiger partial charge >= 0.3 is 11.9 Å². The average Bonchev–Trinajstić information content (AvgIpc) is 2.66. The van der Waals surface area contributed by atoms with Gasteiger partial charge in [-0.15, -0.1) is 0 Å². The summed E-state index contributed by atoms with van der Waals surface area (Å²) in [4.78, 5) is 24.4. The van der Waals surface area contributed by atoms with Crippen LogP contribution in [0.25, 0.3) is 0 Å². The Bertz CT molecular complexity index is 782. The Morgan fingerprint density at radius 3 is 2.04 bits per heavy atom. The van der Waals surface area contributed by atoms with Crippen molar-refractivity contribution in [1.29, 1.82) is 0 Å². The Hall–Kier alpha value is -3.06. The van der Waals surface area contributed by atoms with Gasteiger partial charge in [-0.05, 0) is 44.0 Å². The van der Waals surface area contributed by atoms with Crippen molar-refractivity contribution in [2.45, 2.75) is 20.3 Å². The van der Waals surface area contributed by atoms with Crippen molar-refractivity contribution in [1.82, 2.24) is 0 Å². The van der Waals surface area contributed by atoms with Gasteiger partial charge in [-0.3, -0.25) is 9.59 Å². The Morgan fingerprint density at radius 1 is 0.846 bits per heavy atom. The van der Waals surface area contributed by atoms with Gasteiger partial charge in [-0.25, -0.2) is 0 Å². The van der Waals surface area contributed by atoms with Crippen molar-refractivity contribution in [3.63, 3.8) is 0 Å². The van der Waals surface area contributed by atoms with Crippen LogP contribution in [0.15, 0.2) is 54.6 Å². The fourth-order valence-electron chi connectivity index (χ4n) is 2.45. The maximum atomic E-state index is 12.2. The molecule has 2 aromatic carbocycles. The highest BCUT2D eigenvalue weighted by Gasteiger charge is 2.30. The highest BCUT2D eigenvalue weighted by molar-refractivity contribution is 5.95. The van der Waals surface area contributed by atoms with Crippen LogP contribution >= 0.6 is 0 Å². The highest BCUT2D eigenvalue weighted by atomic mass is 16.6. The standard InChI is InChI=1S/C22H22O4/c1-3-25-21(23)20(22(24)26-4-2)16-19-13-9-8-12-18(19)15-14-17-10-6-5-7-11-17/h5-13,20H,3-4,16H2,1-2H3. The fraction of sp³-hybridized carbons (Fsp3) is 0.273. The fourth-order valence-corrected chi connectivity index (χ4v) is 2.45.